The molecule has 76 valence electrons. The normalized spacial score (nSPS) is 12.2. The summed E-state index contributed by atoms with van der Waals surface area (Å²) >= 11 is 0. The van der Waals surface area contributed by atoms with Crippen molar-refractivity contribution in [1.29, 1.82) is 0 Å². The highest BCUT2D eigenvalue weighted by molar-refractivity contribution is 5.86. The molecule has 1 unspecified atom stereocenters. The van der Waals surface area contributed by atoms with Crippen LogP contribution in [0.2, 0.25) is 0 Å². The predicted octanol–water partition coefficient (Wildman–Crippen LogP) is 0.765. The average molecular weight is 199 g/mol. The Labute approximate surface area is 79.8 Å². The van der Waals surface area contributed by atoms with Gasteiger partial charge in [0.05, 0.1) is 6.10 Å². The van der Waals surface area contributed by atoms with Crippen molar-refractivity contribution in [1.82, 2.24) is 4.98 Å². The van der Waals surface area contributed by atoms with Crippen molar-refractivity contribution in [3.8, 4) is 0 Å². The molecule has 1 aromatic rings. The van der Waals surface area contributed by atoms with E-state index in [1.807, 2.05) is 0 Å². The van der Waals surface area contributed by atoms with Gasteiger partial charge in [-0.2, -0.15) is 0 Å². The molecular weight excluding hydrogens is 189 g/mol. The Morgan fingerprint density at radius 1 is 1.71 bits per heavy atom. The van der Waals surface area contributed by atoms with Crippen LogP contribution < -0.4 is 11.1 Å². The van der Waals surface area contributed by atoms with Crippen LogP contribution in [0.25, 0.3) is 0 Å². The number of pyridine rings is 1. The van der Waals surface area contributed by atoms with E-state index >= 15 is 0 Å². The van der Waals surface area contributed by atoms with E-state index in [9.17, 15) is 9.18 Å². The number of aliphatic hydroxyl groups is 1. The number of anilines is 1. The number of nitrogens with one attached hydrogen (secondary N) is 1. The molecule has 0 aromatic carbocycles. The molecule has 0 aliphatic carbocycles. The smallest absolute Gasteiger partial charge is 0.317 e. The SMILES string of the molecule is CC(O)c1nc(NC(N)=O)ccc1F. The number of amides is 2. The van der Waals surface area contributed by atoms with E-state index in [0.29, 0.717) is 0 Å². The summed E-state index contributed by atoms with van der Waals surface area (Å²) in [5, 5.41) is 11.3. The first-order valence-corrected chi connectivity index (χ1v) is 3.91. The van der Waals surface area contributed by atoms with E-state index in [-0.39, 0.29) is 11.5 Å². The van der Waals surface area contributed by atoms with E-state index in [2.05, 4.69) is 10.3 Å². The van der Waals surface area contributed by atoms with Crippen molar-refractivity contribution < 1.29 is 14.3 Å². The number of hydrogen-bond acceptors (Lipinski definition) is 3. The minimum atomic E-state index is -1.04. The van der Waals surface area contributed by atoms with Crippen LogP contribution in [0.1, 0.15) is 18.7 Å². The molecule has 0 bridgehead atoms. The van der Waals surface area contributed by atoms with Crippen LogP contribution >= 0.6 is 0 Å². The molecule has 5 nitrogen and oxygen atoms in total. The molecule has 1 aromatic heterocycles. The number of nitrogens with zero attached hydrogens (tertiary/aromatic N) is 1. The second kappa shape index (κ2) is 4.01. The van der Waals surface area contributed by atoms with Crippen molar-refractivity contribution in [2.75, 3.05) is 5.32 Å². The van der Waals surface area contributed by atoms with Gasteiger partial charge in [0, 0.05) is 0 Å². The molecule has 0 spiro atoms. The molecule has 6 heteroatoms. The highest BCUT2D eigenvalue weighted by atomic mass is 19.1. The van der Waals surface area contributed by atoms with E-state index in [1.54, 1.807) is 0 Å². The molecule has 14 heavy (non-hydrogen) atoms. The lowest BCUT2D eigenvalue weighted by molar-refractivity contribution is 0.189. The maximum absolute atomic E-state index is 13.0. The monoisotopic (exact) mass is 199 g/mol. The molecule has 1 rings (SSSR count). The van der Waals surface area contributed by atoms with Crippen molar-refractivity contribution in [2.24, 2.45) is 5.73 Å². The molecule has 0 aliphatic heterocycles. The van der Waals surface area contributed by atoms with Crippen molar-refractivity contribution in [3.63, 3.8) is 0 Å². The first kappa shape index (κ1) is 10.4. The highest BCUT2D eigenvalue weighted by Crippen LogP contribution is 2.16. The third-order valence-corrected chi connectivity index (χ3v) is 1.52. The quantitative estimate of drug-likeness (QED) is 0.657. The Balaban J connectivity index is 3.00. The topological polar surface area (TPSA) is 88.2 Å². The fraction of sp³-hybridized carbons (Fsp3) is 0.250. The average Bonchev–Trinajstić information content (AvgIpc) is 2.07. The number of carbonyl (C=O) groups excluding carboxylic acids is 1. The van der Waals surface area contributed by atoms with Gasteiger partial charge >= 0.3 is 6.03 Å². The lowest BCUT2D eigenvalue weighted by Crippen LogP contribution is -2.20. The highest BCUT2D eigenvalue weighted by Gasteiger charge is 2.11. The minimum absolute atomic E-state index is 0.106. The summed E-state index contributed by atoms with van der Waals surface area (Å²) in [6.07, 6.45) is -1.04. The molecule has 1 atom stereocenters. The van der Waals surface area contributed by atoms with Gasteiger partial charge < -0.3 is 10.8 Å². The van der Waals surface area contributed by atoms with Crippen LogP contribution in [0.5, 0.6) is 0 Å². The largest absolute Gasteiger partial charge is 0.387 e. The number of hydrogen-bond donors (Lipinski definition) is 3. The van der Waals surface area contributed by atoms with Gasteiger partial charge in [-0.3, -0.25) is 5.32 Å². The van der Waals surface area contributed by atoms with Crippen LogP contribution in [-0.2, 0) is 0 Å². The van der Waals surface area contributed by atoms with Crippen molar-refractivity contribution in [2.45, 2.75) is 13.0 Å². The number of rotatable bonds is 2. The van der Waals surface area contributed by atoms with Gasteiger partial charge in [-0.25, -0.2) is 14.2 Å². The number of aliphatic hydroxyl groups excluding tert-OH is 1. The molecule has 0 saturated heterocycles. The molecule has 0 aliphatic rings. The number of nitrogens with two attached hydrogens (primary N) is 1. The standard InChI is InChI=1S/C8H10FN3O2/c1-4(13)7-5(9)2-3-6(11-7)12-8(10)14/h2-4,13H,1H3,(H3,10,11,12,14). The van der Waals surface area contributed by atoms with E-state index < -0.39 is 18.0 Å². The zero-order chi connectivity index (χ0) is 10.7. The van der Waals surface area contributed by atoms with Gasteiger partial charge in [0.25, 0.3) is 0 Å². The Morgan fingerprint density at radius 2 is 2.36 bits per heavy atom. The molecule has 0 saturated carbocycles. The third-order valence-electron chi connectivity index (χ3n) is 1.52. The third kappa shape index (κ3) is 2.40. The van der Waals surface area contributed by atoms with Crippen LogP contribution in [0.4, 0.5) is 15.0 Å². The van der Waals surface area contributed by atoms with Gasteiger partial charge in [-0.1, -0.05) is 0 Å². The van der Waals surface area contributed by atoms with Crippen LogP contribution in [0.3, 0.4) is 0 Å². The molecule has 0 radical (unpaired) electrons. The summed E-state index contributed by atoms with van der Waals surface area (Å²) in [5.41, 5.74) is 4.71. The molecule has 2 amide bonds. The van der Waals surface area contributed by atoms with Gasteiger partial charge in [0.15, 0.2) is 0 Å². The van der Waals surface area contributed by atoms with Crippen LogP contribution in [0, 0.1) is 5.82 Å². The summed E-state index contributed by atoms with van der Waals surface area (Å²) in [6, 6.07) is 1.56. The first-order valence-electron chi connectivity index (χ1n) is 3.91. The van der Waals surface area contributed by atoms with Crippen molar-refractivity contribution >= 4 is 11.8 Å². The number of aromatic nitrogens is 1. The zero-order valence-corrected chi connectivity index (χ0v) is 7.49. The Kier molecular flexibility index (Phi) is 2.98. The molecule has 4 N–H and O–H groups in total. The Bertz CT molecular complexity index is 354. The van der Waals surface area contributed by atoms with Crippen LogP contribution in [0.15, 0.2) is 12.1 Å². The maximum Gasteiger partial charge on any atom is 0.317 e. The van der Waals surface area contributed by atoms with Gasteiger partial charge in [0.2, 0.25) is 0 Å². The number of urea groups is 1. The predicted molar refractivity (Wildman–Crippen MR) is 48.0 cm³/mol. The van der Waals surface area contributed by atoms with Crippen molar-refractivity contribution in [3.05, 3.63) is 23.6 Å². The van der Waals surface area contributed by atoms with Crippen LogP contribution in [-0.4, -0.2) is 16.1 Å². The maximum atomic E-state index is 13.0. The fourth-order valence-corrected chi connectivity index (χ4v) is 0.947. The van der Waals surface area contributed by atoms with Gasteiger partial charge in [-0.05, 0) is 19.1 Å². The minimum Gasteiger partial charge on any atom is -0.387 e. The summed E-state index contributed by atoms with van der Waals surface area (Å²) in [7, 11) is 0. The van der Waals surface area contributed by atoms with E-state index in [1.165, 1.54) is 13.0 Å². The molecule has 0 fully saturated rings. The molecule has 1 heterocycles. The number of carbonyl (C=O) groups is 1. The summed E-state index contributed by atoms with van der Waals surface area (Å²) in [5.74, 6) is -0.523. The van der Waals surface area contributed by atoms with Gasteiger partial charge in [0.1, 0.15) is 17.3 Å². The van der Waals surface area contributed by atoms with E-state index in [4.69, 9.17) is 10.8 Å². The summed E-state index contributed by atoms with van der Waals surface area (Å²) in [6.45, 7) is 1.37. The Hall–Kier alpha value is -1.69. The Morgan fingerprint density at radius 3 is 2.86 bits per heavy atom. The number of halogens is 1. The molecular formula is C8H10FN3O2. The van der Waals surface area contributed by atoms with E-state index in [0.717, 1.165) is 6.07 Å². The summed E-state index contributed by atoms with van der Waals surface area (Å²) < 4.78 is 13.0. The second-order valence-corrected chi connectivity index (χ2v) is 2.73. The van der Waals surface area contributed by atoms with Gasteiger partial charge in [-0.15, -0.1) is 0 Å². The fourth-order valence-electron chi connectivity index (χ4n) is 0.947. The lowest BCUT2D eigenvalue weighted by Gasteiger charge is -2.07. The summed E-state index contributed by atoms with van der Waals surface area (Å²) in [4.78, 5) is 14.1. The number of primary amides is 1. The zero-order valence-electron chi connectivity index (χ0n) is 7.49. The first-order chi connectivity index (χ1) is 6.50. The second-order valence-electron chi connectivity index (χ2n) is 2.73. The lowest BCUT2D eigenvalue weighted by atomic mass is 10.2.